The van der Waals surface area contributed by atoms with Crippen LogP contribution in [0.5, 0.6) is 11.5 Å². The van der Waals surface area contributed by atoms with E-state index in [2.05, 4.69) is 19.9 Å². The molecule has 114 valence electrons. The minimum atomic E-state index is -0.162. The van der Waals surface area contributed by atoms with Crippen LogP contribution in [0.4, 0.5) is 0 Å². The van der Waals surface area contributed by atoms with E-state index in [-0.39, 0.29) is 5.38 Å². The third-order valence-corrected chi connectivity index (χ3v) is 4.68. The van der Waals surface area contributed by atoms with Crippen LogP contribution in [-0.2, 0) is 0 Å². The van der Waals surface area contributed by atoms with Crippen molar-refractivity contribution >= 4 is 22.9 Å². The number of alkyl halides is 1. The summed E-state index contributed by atoms with van der Waals surface area (Å²) in [6.07, 6.45) is 0. The fraction of sp³-hybridized carbons (Fsp3) is 0.412. The SMILES string of the molecule is CCOc1ccc(C(Cl)c2cc(C)sc2C)cc1OCC. The minimum Gasteiger partial charge on any atom is -0.490 e. The molecule has 0 radical (unpaired) electrons. The molecule has 0 fully saturated rings. The second kappa shape index (κ2) is 7.19. The highest BCUT2D eigenvalue weighted by atomic mass is 35.5. The average molecular weight is 325 g/mol. The number of hydrogen-bond acceptors (Lipinski definition) is 3. The van der Waals surface area contributed by atoms with Crippen molar-refractivity contribution in [2.24, 2.45) is 0 Å². The molecular weight excluding hydrogens is 304 g/mol. The maximum Gasteiger partial charge on any atom is 0.161 e. The Kier molecular flexibility index (Phi) is 5.54. The minimum absolute atomic E-state index is 0.162. The highest BCUT2D eigenvalue weighted by Crippen LogP contribution is 2.38. The van der Waals surface area contributed by atoms with E-state index in [1.54, 1.807) is 11.3 Å². The third kappa shape index (κ3) is 3.72. The Morgan fingerprint density at radius 2 is 1.71 bits per heavy atom. The first-order valence-corrected chi connectivity index (χ1v) is 8.42. The molecule has 1 aromatic heterocycles. The number of halogens is 1. The van der Waals surface area contributed by atoms with E-state index in [4.69, 9.17) is 21.1 Å². The van der Waals surface area contributed by atoms with Crippen molar-refractivity contribution in [2.75, 3.05) is 13.2 Å². The number of rotatable bonds is 6. The van der Waals surface area contributed by atoms with Gasteiger partial charge in [0.2, 0.25) is 0 Å². The largest absolute Gasteiger partial charge is 0.490 e. The molecule has 0 saturated carbocycles. The lowest BCUT2D eigenvalue weighted by molar-refractivity contribution is 0.287. The van der Waals surface area contributed by atoms with Crippen molar-refractivity contribution in [3.63, 3.8) is 0 Å². The number of aryl methyl sites for hydroxylation is 2. The molecule has 0 aliphatic carbocycles. The topological polar surface area (TPSA) is 18.5 Å². The van der Waals surface area contributed by atoms with Crippen LogP contribution in [0.15, 0.2) is 24.3 Å². The highest BCUT2D eigenvalue weighted by Gasteiger charge is 2.17. The van der Waals surface area contributed by atoms with E-state index in [0.29, 0.717) is 13.2 Å². The lowest BCUT2D eigenvalue weighted by atomic mass is 10.0. The van der Waals surface area contributed by atoms with Gasteiger partial charge in [0, 0.05) is 9.75 Å². The molecule has 2 rings (SSSR count). The van der Waals surface area contributed by atoms with Crippen molar-refractivity contribution in [1.82, 2.24) is 0 Å². The third-order valence-electron chi connectivity index (χ3n) is 3.21. The predicted molar refractivity (Wildman–Crippen MR) is 90.3 cm³/mol. The van der Waals surface area contributed by atoms with Crippen molar-refractivity contribution < 1.29 is 9.47 Å². The van der Waals surface area contributed by atoms with Crippen LogP contribution in [0, 0.1) is 13.8 Å². The second-order valence-corrected chi connectivity index (χ2v) is 6.70. The summed E-state index contributed by atoms with van der Waals surface area (Å²) in [5.41, 5.74) is 2.20. The first-order valence-electron chi connectivity index (χ1n) is 7.17. The summed E-state index contributed by atoms with van der Waals surface area (Å²) >= 11 is 8.44. The Morgan fingerprint density at radius 1 is 1.05 bits per heavy atom. The maximum absolute atomic E-state index is 6.66. The zero-order valence-electron chi connectivity index (χ0n) is 12.9. The quantitative estimate of drug-likeness (QED) is 0.654. The van der Waals surface area contributed by atoms with Gasteiger partial charge in [0.25, 0.3) is 0 Å². The Bertz CT molecular complexity index is 607. The van der Waals surface area contributed by atoms with E-state index in [1.807, 2.05) is 32.0 Å². The van der Waals surface area contributed by atoms with Crippen molar-refractivity contribution in [1.29, 1.82) is 0 Å². The van der Waals surface area contributed by atoms with Crippen molar-refractivity contribution in [3.8, 4) is 11.5 Å². The molecule has 0 N–H and O–H groups in total. The normalized spacial score (nSPS) is 12.2. The predicted octanol–water partition coefficient (Wildman–Crippen LogP) is 5.49. The Balaban J connectivity index is 2.35. The van der Waals surface area contributed by atoms with E-state index in [1.165, 1.54) is 15.3 Å². The van der Waals surface area contributed by atoms with Crippen LogP contribution < -0.4 is 9.47 Å². The van der Waals surface area contributed by atoms with Gasteiger partial charge in [-0.05, 0) is 57.0 Å². The highest BCUT2D eigenvalue weighted by molar-refractivity contribution is 7.12. The van der Waals surface area contributed by atoms with Crippen molar-refractivity contribution in [3.05, 3.63) is 45.1 Å². The Morgan fingerprint density at radius 3 is 2.29 bits per heavy atom. The molecule has 1 atom stereocenters. The summed E-state index contributed by atoms with van der Waals surface area (Å²) in [5.74, 6) is 1.53. The van der Waals surface area contributed by atoms with E-state index in [9.17, 15) is 0 Å². The van der Waals surface area contributed by atoms with Gasteiger partial charge in [0.15, 0.2) is 11.5 Å². The molecule has 0 bridgehead atoms. The molecule has 0 aliphatic heterocycles. The lowest BCUT2D eigenvalue weighted by Gasteiger charge is -2.15. The molecule has 21 heavy (non-hydrogen) atoms. The zero-order valence-corrected chi connectivity index (χ0v) is 14.5. The summed E-state index contributed by atoms with van der Waals surface area (Å²) in [5, 5.41) is -0.162. The van der Waals surface area contributed by atoms with Crippen LogP contribution in [-0.4, -0.2) is 13.2 Å². The standard InChI is InChI=1S/C17H21ClO2S/c1-5-19-15-8-7-13(10-16(15)20-6-2)17(18)14-9-11(3)21-12(14)4/h7-10,17H,5-6H2,1-4H3. The second-order valence-electron chi connectivity index (χ2n) is 4.80. The van der Waals surface area contributed by atoms with Crippen LogP contribution in [0.25, 0.3) is 0 Å². The first-order chi connectivity index (χ1) is 10.1. The Labute approximate surface area is 135 Å². The van der Waals surface area contributed by atoms with Crippen molar-refractivity contribution in [2.45, 2.75) is 33.1 Å². The molecule has 2 nitrogen and oxygen atoms in total. The van der Waals surface area contributed by atoms with Crippen LogP contribution >= 0.6 is 22.9 Å². The lowest BCUT2D eigenvalue weighted by Crippen LogP contribution is -2.00. The van der Waals surface area contributed by atoms with Gasteiger partial charge in [-0.15, -0.1) is 22.9 Å². The average Bonchev–Trinajstić information content (AvgIpc) is 2.79. The van der Waals surface area contributed by atoms with Gasteiger partial charge in [-0.3, -0.25) is 0 Å². The van der Waals surface area contributed by atoms with Gasteiger partial charge in [0.1, 0.15) is 0 Å². The molecule has 1 heterocycles. The molecule has 4 heteroatoms. The summed E-state index contributed by atoms with van der Waals surface area (Å²) in [6.45, 7) is 9.37. The van der Waals surface area contributed by atoms with Gasteiger partial charge in [0.05, 0.1) is 18.6 Å². The van der Waals surface area contributed by atoms with E-state index in [0.717, 1.165) is 17.1 Å². The number of hydrogen-bond donors (Lipinski definition) is 0. The molecule has 1 unspecified atom stereocenters. The molecule has 0 spiro atoms. The van der Waals surface area contributed by atoms with Gasteiger partial charge < -0.3 is 9.47 Å². The van der Waals surface area contributed by atoms with Crippen LogP contribution in [0.2, 0.25) is 0 Å². The van der Waals surface area contributed by atoms with Gasteiger partial charge in [-0.25, -0.2) is 0 Å². The smallest absolute Gasteiger partial charge is 0.161 e. The molecular formula is C17H21ClO2S. The molecule has 1 aromatic carbocycles. The number of ether oxygens (including phenoxy) is 2. The maximum atomic E-state index is 6.66. The number of benzene rings is 1. The molecule has 0 amide bonds. The summed E-state index contributed by atoms with van der Waals surface area (Å²) in [6, 6.07) is 8.10. The van der Waals surface area contributed by atoms with Gasteiger partial charge >= 0.3 is 0 Å². The summed E-state index contributed by atoms with van der Waals surface area (Å²) < 4.78 is 11.3. The van der Waals surface area contributed by atoms with Crippen LogP contribution in [0.1, 0.15) is 40.1 Å². The van der Waals surface area contributed by atoms with E-state index >= 15 is 0 Å². The molecule has 2 aromatic rings. The van der Waals surface area contributed by atoms with Gasteiger partial charge in [-0.2, -0.15) is 0 Å². The monoisotopic (exact) mass is 324 g/mol. The zero-order chi connectivity index (χ0) is 15.4. The summed E-state index contributed by atoms with van der Waals surface area (Å²) in [7, 11) is 0. The molecule has 0 saturated heterocycles. The first kappa shape index (κ1) is 16.2. The fourth-order valence-electron chi connectivity index (χ4n) is 2.31. The summed E-state index contributed by atoms with van der Waals surface area (Å²) in [4.78, 5) is 2.54. The molecule has 0 aliphatic rings. The van der Waals surface area contributed by atoms with E-state index < -0.39 is 0 Å². The van der Waals surface area contributed by atoms with Gasteiger partial charge in [-0.1, -0.05) is 6.07 Å². The fourth-order valence-corrected chi connectivity index (χ4v) is 3.70. The number of thiophene rings is 1. The Hall–Kier alpha value is -1.19. The van der Waals surface area contributed by atoms with Crippen LogP contribution in [0.3, 0.4) is 0 Å².